The molecule has 3 heterocycles. The van der Waals surface area contributed by atoms with E-state index in [-0.39, 0.29) is 30.3 Å². The molecule has 202 valence electrons. The predicted octanol–water partition coefficient (Wildman–Crippen LogP) is 5.64. The molecule has 1 saturated heterocycles. The van der Waals surface area contributed by atoms with Crippen molar-refractivity contribution in [3.8, 4) is 6.01 Å². The first-order valence-corrected chi connectivity index (χ1v) is 13.5. The largest absolute Gasteiger partial charge is 0.461 e. The molecule has 8 heteroatoms. The van der Waals surface area contributed by atoms with Crippen LogP contribution in [0.5, 0.6) is 6.01 Å². The van der Waals surface area contributed by atoms with Gasteiger partial charge in [-0.2, -0.15) is 9.97 Å². The minimum absolute atomic E-state index is 0.129. The van der Waals surface area contributed by atoms with Crippen molar-refractivity contribution >= 4 is 28.4 Å². The number of amides is 1. The topological polar surface area (TPSA) is 93.8 Å². The Morgan fingerprint density at radius 3 is 2.71 bits per heavy atom. The van der Waals surface area contributed by atoms with E-state index in [1.807, 2.05) is 25.7 Å². The number of aryl methyl sites for hydroxylation is 1. The summed E-state index contributed by atoms with van der Waals surface area (Å²) in [6, 6.07) is 13.1. The maximum Gasteiger partial charge on any atom is 0.411 e. The summed E-state index contributed by atoms with van der Waals surface area (Å²) in [4.78, 5) is 26.4. The first kappa shape index (κ1) is 26.1. The van der Waals surface area contributed by atoms with Crippen LogP contribution in [-0.2, 0) is 17.7 Å². The minimum atomic E-state index is -0.564. The predicted molar refractivity (Wildman–Crippen MR) is 151 cm³/mol. The number of nitrogens with two attached hydrogens (primary N) is 1. The number of likely N-dealkylation sites (tertiary alicyclic amines) is 1. The lowest BCUT2D eigenvalue weighted by Crippen LogP contribution is -2.50. The Balaban J connectivity index is 1.35. The zero-order valence-corrected chi connectivity index (χ0v) is 23.4. The average molecular weight is 518 g/mol. The number of fused-ring (bicyclic) bond motifs is 2. The summed E-state index contributed by atoms with van der Waals surface area (Å²) in [6.07, 6.45) is 2.14. The molecule has 38 heavy (non-hydrogen) atoms. The van der Waals surface area contributed by atoms with Gasteiger partial charge in [0.25, 0.3) is 0 Å². The van der Waals surface area contributed by atoms with Gasteiger partial charge in [0.1, 0.15) is 18.0 Å². The highest BCUT2D eigenvalue weighted by molar-refractivity contribution is 5.95. The molecule has 0 unspecified atom stereocenters. The van der Waals surface area contributed by atoms with Crippen LogP contribution in [0.25, 0.3) is 10.8 Å². The third-order valence-corrected chi connectivity index (χ3v) is 7.50. The van der Waals surface area contributed by atoms with Crippen molar-refractivity contribution in [2.24, 2.45) is 0 Å². The molecular formula is C30H39N5O3. The Morgan fingerprint density at radius 2 is 1.95 bits per heavy atom. The molecule has 3 aromatic rings. The zero-order chi connectivity index (χ0) is 27.2. The van der Waals surface area contributed by atoms with Gasteiger partial charge in [-0.15, -0.1) is 0 Å². The summed E-state index contributed by atoms with van der Waals surface area (Å²) in [7, 11) is 0. The quantitative estimate of drug-likeness (QED) is 0.479. The fourth-order valence-electron chi connectivity index (χ4n) is 5.70. The summed E-state index contributed by atoms with van der Waals surface area (Å²) in [5, 5.41) is 2.46. The van der Waals surface area contributed by atoms with E-state index in [1.165, 1.54) is 22.0 Å². The lowest BCUT2D eigenvalue weighted by atomic mass is 10.0. The first-order valence-electron chi connectivity index (χ1n) is 13.5. The Morgan fingerprint density at radius 1 is 1.18 bits per heavy atom. The number of rotatable bonds is 4. The normalized spacial score (nSPS) is 18.9. The highest BCUT2D eigenvalue weighted by Crippen LogP contribution is 2.36. The summed E-state index contributed by atoms with van der Waals surface area (Å²) >= 11 is 0. The average Bonchev–Trinajstić information content (AvgIpc) is 3.14. The fraction of sp³-hybridized carbons (Fsp3) is 0.500. The number of nitrogens with zero attached hydrogens (tertiary/aromatic N) is 4. The smallest absolute Gasteiger partial charge is 0.411 e. The van der Waals surface area contributed by atoms with Gasteiger partial charge in [0.05, 0.1) is 18.3 Å². The van der Waals surface area contributed by atoms with Crippen LogP contribution in [0.15, 0.2) is 36.4 Å². The molecule has 1 fully saturated rings. The maximum absolute atomic E-state index is 13.0. The molecule has 5 rings (SSSR count). The van der Waals surface area contributed by atoms with E-state index in [2.05, 4.69) is 67.1 Å². The summed E-state index contributed by atoms with van der Waals surface area (Å²) in [5.41, 5.74) is 9.80. The molecule has 0 spiro atoms. The van der Waals surface area contributed by atoms with E-state index >= 15 is 0 Å². The van der Waals surface area contributed by atoms with Crippen molar-refractivity contribution in [2.45, 2.75) is 84.5 Å². The molecule has 0 bridgehead atoms. The minimum Gasteiger partial charge on any atom is -0.461 e. The van der Waals surface area contributed by atoms with Gasteiger partial charge in [-0.3, -0.25) is 4.90 Å². The summed E-state index contributed by atoms with van der Waals surface area (Å²) in [5.74, 6) is 0.467. The van der Waals surface area contributed by atoms with Crippen molar-refractivity contribution in [1.29, 1.82) is 0 Å². The number of carbonyl (C=O) groups is 1. The van der Waals surface area contributed by atoms with E-state index in [1.54, 1.807) is 0 Å². The van der Waals surface area contributed by atoms with Crippen LogP contribution in [0.3, 0.4) is 0 Å². The van der Waals surface area contributed by atoms with Gasteiger partial charge in [0.15, 0.2) is 0 Å². The van der Waals surface area contributed by atoms with E-state index in [4.69, 9.17) is 20.2 Å². The molecule has 2 aliphatic heterocycles. The fourth-order valence-corrected chi connectivity index (χ4v) is 5.70. The van der Waals surface area contributed by atoms with Gasteiger partial charge in [-0.1, -0.05) is 30.3 Å². The van der Waals surface area contributed by atoms with Gasteiger partial charge < -0.3 is 20.1 Å². The second-order valence-corrected chi connectivity index (χ2v) is 12.2. The van der Waals surface area contributed by atoms with E-state index in [9.17, 15) is 4.79 Å². The molecule has 0 radical (unpaired) electrons. The Labute approximate surface area is 225 Å². The molecule has 2 N–H and O–H groups in total. The van der Waals surface area contributed by atoms with Crippen LogP contribution in [0.4, 0.5) is 16.3 Å². The van der Waals surface area contributed by atoms with Gasteiger partial charge in [-0.05, 0) is 77.8 Å². The van der Waals surface area contributed by atoms with E-state index < -0.39 is 5.60 Å². The molecular weight excluding hydrogens is 478 g/mol. The Hall–Kier alpha value is -3.55. The second-order valence-electron chi connectivity index (χ2n) is 12.2. The number of benzene rings is 2. The van der Waals surface area contributed by atoms with Crippen LogP contribution >= 0.6 is 0 Å². The molecule has 2 aromatic carbocycles. The maximum atomic E-state index is 13.0. The van der Waals surface area contributed by atoms with Crippen LogP contribution < -0.4 is 15.4 Å². The number of anilines is 2. The Kier molecular flexibility index (Phi) is 6.61. The lowest BCUT2D eigenvalue weighted by molar-refractivity contribution is -0.00143. The molecule has 1 aromatic heterocycles. The molecule has 0 aliphatic carbocycles. The molecule has 0 saturated carbocycles. The van der Waals surface area contributed by atoms with Crippen LogP contribution in [0, 0.1) is 6.92 Å². The second kappa shape index (κ2) is 9.64. The van der Waals surface area contributed by atoms with Gasteiger partial charge in [0.2, 0.25) is 0 Å². The van der Waals surface area contributed by atoms with E-state index in [0.717, 1.165) is 37.1 Å². The molecule has 8 nitrogen and oxygen atoms in total. The number of ether oxygens (including phenoxy) is 2. The van der Waals surface area contributed by atoms with Crippen LogP contribution in [0.1, 0.15) is 64.3 Å². The van der Waals surface area contributed by atoms with Gasteiger partial charge in [-0.25, -0.2) is 4.79 Å². The molecule has 2 aliphatic rings. The van der Waals surface area contributed by atoms with Crippen LogP contribution in [-0.4, -0.2) is 51.3 Å². The summed E-state index contributed by atoms with van der Waals surface area (Å²) in [6.45, 7) is 13.7. The third-order valence-electron chi connectivity index (χ3n) is 7.50. The number of hydrogen-bond acceptors (Lipinski definition) is 7. The van der Waals surface area contributed by atoms with Crippen molar-refractivity contribution < 1.29 is 14.3 Å². The molecule has 1 atom stereocenters. The van der Waals surface area contributed by atoms with Gasteiger partial charge >= 0.3 is 12.1 Å². The van der Waals surface area contributed by atoms with Crippen molar-refractivity contribution in [2.75, 3.05) is 23.8 Å². The Bertz CT molecular complexity index is 1360. The third kappa shape index (κ3) is 5.22. The van der Waals surface area contributed by atoms with E-state index in [0.29, 0.717) is 12.4 Å². The highest BCUT2D eigenvalue weighted by atomic mass is 16.6. The number of hydrogen-bond donors (Lipinski definition) is 1. The van der Waals surface area contributed by atoms with Crippen molar-refractivity contribution in [3.63, 3.8) is 0 Å². The standard InChI is InChI=1S/C30H39N5O3/c1-19-15-20-9-7-8-10-22(20)25(16-19)34-14-12-23-24(17-34)32-27(33-26(23)31)37-18-21-11-13-30(5,6)35(21)28(36)38-29(2,3)4/h7-10,15-16,21H,11-14,17-18H2,1-6H3,(H2,31,32,33)/t21-/m1/s1. The zero-order valence-electron chi connectivity index (χ0n) is 23.4. The van der Waals surface area contributed by atoms with Crippen molar-refractivity contribution in [1.82, 2.24) is 14.9 Å². The number of carbonyl (C=O) groups excluding carboxylic acids is 1. The number of aromatic nitrogens is 2. The van der Waals surface area contributed by atoms with Crippen molar-refractivity contribution in [3.05, 3.63) is 53.2 Å². The summed E-state index contributed by atoms with van der Waals surface area (Å²) < 4.78 is 11.8. The van der Waals surface area contributed by atoms with Gasteiger partial charge in [0, 0.05) is 28.7 Å². The SMILES string of the molecule is Cc1cc(N2CCc3c(N)nc(OC[C@H]4CCC(C)(C)N4C(=O)OC(C)(C)C)nc3C2)c2ccccc2c1. The van der Waals surface area contributed by atoms with Crippen LogP contribution in [0.2, 0.25) is 0 Å². The molecule has 1 amide bonds. The lowest BCUT2D eigenvalue weighted by Gasteiger charge is -2.36. The number of nitrogen functional groups attached to an aromatic ring is 1. The highest BCUT2D eigenvalue weighted by Gasteiger charge is 2.44. The monoisotopic (exact) mass is 517 g/mol. The first-order chi connectivity index (χ1) is 17.9.